The highest BCUT2D eigenvalue weighted by molar-refractivity contribution is 9.10. The first-order chi connectivity index (χ1) is 7.10. The van der Waals surface area contributed by atoms with E-state index in [1.807, 2.05) is 0 Å². The lowest BCUT2D eigenvalue weighted by molar-refractivity contribution is 0.0525. The summed E-state index contributed by atoms with van der Waals surface area (Å²) in [5, 5.41) is 0. The summed E-state index contributed by atoms with van der Waals surface area (Å²) in [6.07, 6.45) is 0. The lowest BCUT2D eigenvalue weighted by atomic mass is 10.2. The Labute approximate surface area is 96.5 Å². The highest BCUT2D eigenvalue weighted by atomic mass is 79.9. The molecule has 2 N–H and O–H groups in total. The van der Waals surface area contributed by atoms with Crippen LogP contribution in [0.4, 0.5) is 5.69 Å². The minimum atomic E-state index is -0.400. The first-order valence-corrected chi connectivity index (χ1v) is 5.19. The highest BCUT2D eigenvalue weighted by Gasteiger charge is 2.14. The molecular weight excluding hydrogens is 262 g/mol. The number of carbonyl (C=O) groups is 1. The summed E-state index contributed by atoms with van der Waals surface area (Å²) < 4.78 is 10.5. The molecule has 0 spiro atoms. The van der Waals surface area contributed by atoms with Crippen LogP contribution in [0.25, 0.3) is 0 Å². The molecule has 0 aliphatic rings. The Morgan fingerprint density at radius 2 is 2.20 bits per heavy atom. The van der Waals surface area contributed by atoms with Crippen LogP contribution in [0.2, 0.25) is 0 Å². The molecule has 1 aromatic rings. The average Bonchev–Trinajstić information content (AvgIpc) is 2.18. The minimum absolute atomic E-state index is 0.331. The fourth-order valence-electron chi connectivity index (χ4n) is 1.11. The topological polar surface area (TPSA) is 61.5 Å². The second-order valence-electron chi connectivity index (χ2n) is 2.79. The number of esters is 1. The lowest BCUT2D eigenvalue weighted by Gasteiger charge is -2.09. The van der Waals surface area contributed by atoms with Gasteiger partial charge in [-0.05, 0) is 35.0 Å². The van der Waals surface area contributed by atoms with E-state index in [-0.39, 0.29) is 0 Å². The predicted octanol–water partition coefficient (Wildman–Crippen LogP) is 2.22. The Bertz CT molecular complexity index is 379. The molecule has 0 aliphatic carbocycles. The SMILES string of the molecule is CCOC(=O)c1cc(OC)c(N)cc1Br. The summed E-state index contributed by atoms with van der Waals surface area (Å²) in [5.41, 5.74) is 6.54. The van der Waals surface area contributed by atoms with Crippen LogP contribution in [0, 0.1) is 0 Å². The third kappa shape index (κ3) is 2.62. The largest absolute Gasteiger partial charge is 0.495 e. The molecule has 0 atom stereocenters. The van der Waals surface area contributed by atoms with E-state index in [4.69, 9.17) is 15.2 Å². The van der Waals surface area contributed by atoms with Gasteiger partial charge in [0.25, 0.3) is 0 Å². The Kier molecular flexibility index (Phi) is 3.96. The summed E-state index contributed by atoms with van der Waals surface area (Å²) in [6.45, 7) is 2.08. The van der Waals surface area contributed by atoms with Crippen molar-refractivity contribution in [1.29, 1.82) is 0 Å². The molecular formula is C10H12BrNO3. The van der Waals surface area contributed by atoms with Gasteiger partial charge < -0.3 is 15.2 Å². The van der Waals surface area contributed by atoms with Crippen molar-refractivity contribution in [1.82, 2.24) is 0 Å². The van der Waals surface area contributed by atoms with Gasteiger partial charge in [0, 0.05) is 4.47 Å². The zero-order chi connectivity index (χ0) is 11.4. The van der Waals surface area contributed by atoms with Crippen molar-refractivity contribution in [2.75, 3.05) is 19.5 Å². The molecule has 0 aromatic heterocycles. The summed E-state index contributed by atoms with van der Waals surface area (Å²) in [7, 11) is 1.49. The molecule has 0 saturated heterocycles. The fraction of sp³-hybridized carbons (Fsp3) is 0.300. The van der Waals surface area contributed by atoms with Crippen molar-refractivity contribution < 1.29 is 14.3 Å². The normalized spacial score (nSPS) is 9.80. The monoisotopic (exact) mass is 273 g/mol. The number of nitrogens with two attached hydrogens (primary N) is 1. The zero-order valence-electron chi connectivity index (χ0n) is 8.54. The van der Waals surface area contributed by atoms with E-state index in [9.17, 15) is 4.79 Å². The molecule has 82 valence electrons. The summed E-state index contributed by atoms with van der Waals surface area (Å²) in [6, 6.07) is 3.17. The molecule has 1 rings (SSSR count). The van der Waals surface area contributed by atoms with Crippen LogP contribution in [0.15, 0.2) is 16.6 Å². The first kappa shape index (κ1) is 11.8. The van der Waals surface area contributed by atoms with E-state index in [0.717, 1.165) is 0 Å². The fourth-order valence-corrected chi connectivity index (χ4v) is 1.63. The van der Waals surface area contributed by atoms with E-state index in [1.165, 1.54) is 7.11 Å². The molecule has 0 amide bonds. The number of anilines is 1. The van der Waals surface area contributed by atoms with Crippen molar-refractivity contribution in [3.8, 4) is 5.75 Å². The molecule has 0 fully saturated rings. The van der Waals surface area contributed by atoms with Crippen LogP contribution < -0.4 is 10.5 Å². The maximum atomic E-state index is 11.5. The summed E-state index contributed by atoms with van der Waals surface area (Å²) in [5.74, 6) is 0.0592. The number of benzene rings is 1. The molecule has 0 unspecified atom stereocenters. The second-order valence-corrected chi connectivity index (χ2v) is 3.65. The Hall–Kier alpha value is -1.23. The first-order valence-electron chi connectivity index (χ1n) is 4.40. The van der Waals surface area contributed by atoms with Gasteiger partial charge in [0.2, 0.25) is 0 Å². The highest BCUT2D eigenvalue weighted by Crippen LogP contribution is 2.29. The molecule has 0 bridgehead atoms. The molecule has 0 saturated carbocycles. The smallest absolute Gasteiger partial charge is 0.339 e. The predicted molar refractivity (Wildman–Crippen MR) is 61.1 cm³/mol. The minimum Gasteiger partial charge on any atom is -0.495 e. The van der Waals surface area contributed by atoms with Gasteiger partial charge in [-0.25, -0.2) is 4.79 Å². The molecule has 0 heterocycles. The van der Waals surface area contributed by atoms with Crippen molar-refractivity contribution >= 4 is 27.6 Å². The van der Waals surface area contributed by atoms with Gasteiger partial charge >= 0.3 is 5.97 Å². The quantitative estimate of drug-likeness (QED) is 0.678. The van der Waals surface area contributed by atoms with Crippen molar-refractivity contribution in [2.24, 2.45) is 0 Å². The van der Waals surface area contributed by atoms with E-state index in [0.29, 0.717) is 28.1 Å². The van der Waals surface area contributed by atoms with Crippen LogP contribution in [-0.4, -0.2) is 19.7 Å². The van der Waals surface area contributed by atoms with E-state index >= 15 is 0 Å². The van der Waals surface area contributed by atoms with Crippen molar-refractivity contribution in [2.45, 2.75) is 6.92 Å². The Morgan fingerprint density at radius 1 is 1.53 bits per heavy atom. The maximum Gasteiger partial charge on any atom is 0.339 e. The van der Waals surface area contributed by atoms with E-state index < -0.39 is 5.97 Å². The van der Waals surface area contributed by atoms with Gasteiger partial charge in [-0.2, -0.15) is 0 Å². The van der Waals surface area contributed by atoms with Crippen LogP contribution in [-0.2, 0) is 4.74 Å². The number of nitrogen functional groups attached to an aromatic ring is 1. The number of ether oxygens (including phenoxy) is 2. The van der Waals surface area contributed by atoms with Crippen LogP contribution in [0.5, 0.6) is 5.75 Å². The standard InChI is InChI=1S/C10H12BrNO3/c1-3-15-10(13)6-4-9(14-2)8(12)5-7(6)11/h4-5H,3,12H2,1-2H3. The number of hydrogen-bond acceptors (Lipinski definition) is 4. The van der Waals surface area contributed by atoms with Crippen LogP contribution in [0.1, 0.15) is 17.3 Å². The molecule has 15 heavy (non-hydrogen) atoms. The van der Waals surface area contributed by atoms with Crippen molar-refractivity contribution in [3.63, 3.8) is 0 Å². The maximum absolute atomic E-state index is 11.5. The number of carbonyl (C=O) groups excluding carboxylic acids is 1. The number of methoxy groups -OCH3 is 1. The number of halogens is 1. The molecule has 5 heteroatoms. The third-order valence-electron chi connectivity index (χ3n) is 1.81. The van der Waals surface area contributed by atoms with Crippen molar-refractivity contribution in [3.05, 3.63) is 22.2 Å². The van der Waals surface area contributed by atoms with E-state index in [2.05, 4.69) is 15.9 Å². The number of rotatable bonds is 3. The Morgan fingerprint density at radius 3 is 2.73 bits per heavy atom. The van der Waals surface area contributed by atoms with Gasteiger partial charge in [-0.1, -0.05) is 0 Å². The van der Waals surface area contributed by atoms with Gasteiger partial charge in [-0.15, -0.1) is 0 Å². The lowest BCUT2D eigenvalue weighted by Crippen LogP contribution is -2.06. The van der Waals surface area contributed by atoms with Gasteiger partial charge in [0.1, 0.15) is 5.75 Å². The van der Waals surface area contributed by atoms with E-state index in [1.54, 1.807) is 19.1 Å². The zero-order valence-corrected chi connectivity index (χ0v) is 10.1. The van der Waals surface area contributed by atoms with Gasteiger partial charge in [-0.3, -0.25) is 0 Å². The number of hydrogen-bond donors (Lipinski definition) is 1. The second kappa shape index (κ2) is 5.02. The average molecular weight is 274 g/mol. The Balaban J connectivity index is 3.12. The third-order valence-corrected chi connectivity index (χ3v) is 2.47. The molecule has 0 aliphatic heterocycles. The molecule has 1 aromatic carbocycles. The van der Waals surface area contributed by atoms with Crippen LogP contribution in [0.3, 0.4) is 0 Å². The van der Waals surface area contributed by atoms with Crippen LogP contribution >= 0.6 is 15.9 Å². The summed E-state index contributed by atoms with van der Waals surface area (Å²) >= 11 is 3.24. The molecule has 0 radical (unpaired) electrons. The molecule has 4 nitrogen and oxygen atoms in total. The summed E-state index contributed by atoms with van der Waals surface area (Å²) in [4.78, 5) is 11.5. The van der Waals surface area contributed by atoms with Gasteiger partial charge in [0.15, 0.2) is 0 Å². The van der Waals surface area contributed by atoms with Gasteiger partial charge in [0.05, 0.1) is 25.0 Å².